The molecular formula is C11H15N3O2S. The maximum Gasteiger partial charge on any atom is 0.273 e. The Morgan fingerprint density at radius 2 is 2.59 bits per heavy atom. The van der Waals surface area contributed by atoms with E-state index in [2.05, 4.69) is 16.2 Å². The number of rotatable bonds is 6. The van der Waals surface area contributed by atoms with Gasteiger partial charge in [-0.1, -0.05) is 5.92 Å². The molecule has 0 aliphatic rings. The van der Waals surface area contributed by atoms with Crippen LogP contribution in [0.2, 0.25) is 0 Å². The van der Waals surface area contributed by atoms with Crippen LogP contribution in [0.25, 0.3) is 0 Å². The Morgan fingerprint density at radius 3 is 3.24 bits per heavy atom. The minimum Gasteiger partial charge on any atom is -0.446 e. The van der Waals surface area contributed by atoms with Crippen molar-refractivity contribution in [3.05, 3.63) is 17.8 Å². The van der Waals surface area contributed by atoms with Crippen molar-refractivity contribution in [3.63, 3.8) is 0 Å². The van der Waals surface area contributed by atoms with Crippen molar-refractivity contribution >= 4 is 17.7 Å². The van der Waals surface area contributed by atoms with Crippen LogP contribution >= 0.6 is 11.8 Å². The van der Waals surface area contributed by atoms with Gasteiger partial charge >= 0.3 is 0 Å². The fourth-order valence-corrected chi connectivity index (χ4v) is 1.64. The predicted octanol–water partition coefficient (Wildman–Crippen LogP) is 0.791. The van der Waals surface area contributed by atoms with Gasteiger partial charge in [-0.15, -0.1) is 6.42 Å². The third kappa shape index (κ3) is 4.13. The van der Waals surface area contributed by atoms with Crippen LogP contribution in [-0.4, -0.2) is 29.4 Å². The number of carbonyl (C=O) groups excluding carboxylic acids is 1. The van der Waals surface area contributed by atoms with E-state index in [1.54, 1.807) is 11.8 Å². The lowest BCUT2D eigenvalue weighted by Crippen LogP contribution is -2.24. The first-order valence-corrected chi connectivity index (χ1v) is 6.50. The van der Waals surface area contributed by atoms with Gasteiger partial charge < -0.3 is 15.5 Å². The van der Waals surface area contributed by atoms with E-state index in [-0.39, 0.29) is 24.2 Å². The minimum atomic E-state index is -0.352. The van der Waals surface area contributed by atoms with Crippen LogP contribution in [0.5, 0.6) is 0 Å². The first-order valence-electron chi connectivity index (χ1n) is 5.10. The van der Waals surface area contributed by atoms with E-state index in [1.807, 2.05) is 6.26 Å². The molecule has 0 fully saturated rings. The third-order valence-electron chi connectivity index (χ3n) is 2.06. The van der Waals surface area contributed by atoms with E-state index in [9.17, 15) is 4.79 Å². The largest absolute Gasteiger partial charge is 0.446 e. The summed E-state index contributed by atoms with van der Waals surface area (Å²) in [5.74, 6) is 3.25. The zero-order chi connectivity index (χ0) is 12.7. The number of oxazole rings is 1. The molecule has 5 nitrogen and oxygen atoms in total. The van der Waals surface area contributed by atoms with Crippen LogP contribution in [0.1, 0.15) is 28.8 Å². The summed E-state index contributed by atoms with van der Waals surface area (Å²) in [6.45, 7) is 0.166. The molecule has 1 rings (SSSR count). The number of carbonyl (C=O) groups is 1. The Hall–Kier alpha value is -1.45. The second kappa shape index (κ2) is 6.99. The van der Waals surface area contributed by atoms with Gasteiger partial charge in [0.25, 0.3) is 5.91 Å². The van der Waals surface area contributed by atoms with Gasteiger partial charge in [0.15, 0.2) is 5.69 Å². The predicted molar refractivity (Wildman–Crippen MR) is 67.6 cm³/mol. The molecule has 17 heavy (non-hydrogen) atoms. The smallest absolute Gasteiger partial charge is 0.273 e. The second-order valence-electron chi connectivity index (χ2n) is 3.35. The fraction of sp³-hybridized carbons (Fsp3) is 0.455. The van der Waals surface area contributed by atoms with Crippen LogP contribution in [0.4, 0.5) is 0 Å². The quantitative estimate of drug-likeness (QED) is 0.733. The SMILES string of the molecule is C#CCNC(=O)c1coc(C(N)CCSC)n1. The van der Waals surface area contributed by atoms with Crippen molar-refractivity contribution in [2.45, 2.75) is 12.5 Å². The van der Waals surface area contributed by atoms with Gasteiger partial charge in [0, 0.05) is 0 Å². The van der Waals surface area contributed by atoms with Crippen molar-refractivity contribution in [1.29, 1.82) is 0 Å². The fourth-order valence-electron chi connectivity index (χ4n) is 1.15. The van der Waals surface area contributed by atoms with Crippen LogP contribution in [-0.2, 0) is 0 Å². The molecule has 0 bridgehead atoms. The molecule has 1 aromatic rings. The van der Waals surface area contributed by atoms with E-state index < -0.39 is 0 Å². The monoisotopic (exact) mass is 253 g/mol. The molecule has 1 heterocycles. The van der Waals surface area contributed by atoms with Crippen molar-refractivity contribution < 1.29 is 9.21 Å². The van der Waals surface area contributed by atoms with Gasteiger partial charge in [-0.25, -0.2) is 4.98 Å². The molecule has 0 radical (unpaired) electrons. The van der Waals surface area contributed by atoms with E-state index >= 15 is 0 Å². The van der Waals surface area contributed by atoms with Gasteiger partial charge in [-0.3, -0.25) is 4.79 Å². The molecule has 1 unspecified atom stereocenters. The molecule has 0 aliphatic heterocycles. The van der Waals surface area contributed by atoms with Crippen LogP contribution < -0.4 is 11.1 Å². The number of thioether (sulfide) groups is 1. The highest BCUT2D eigenvalue weighted by Gasteiger charge is 2.16. The summed E-state index contributed by atoms with van der Waals surface area (Å²) in [4.78, 5) is 15.5. The van der Waals surface area contributed by atoms with E-state index in [0.29, 0.717) is 5.89 Å². The summed E-state index contributed by atoms with van der Waals surface area (Å²) in [6.07, 6.45) is 9.08. The molecule has 1 atom stereocenters. The number of terminal acetylenes is 1. The molecule has 1 aromatic heterocycles. The van der Waals surface area contributed by atoms with Crippen molar-refractivity contribution in [2.75, 3.05) is 18.6 Å². The highest BCUT2D eigenvalue weighted by molar-refractivity contribution is 7.98. The first-order chi connectivity index (χ1) is 8.19. The van der Waals surface area contributed by atoms with Gasteiger partial charge in [-0.2, -0.15) is 11.8 Å². The van der Waals surface area contributed by atoms with Crippen LogP contribution in [0.15, 0.2) is 10.7 Å². The minimum absolute atomic E-state index is 0.166. The Morgan fingerprint density at radius 1 is 1.82 bits per heavy atom. The zero-order valence-electron chi connectivity index (χ0n) is 9.60. The maximum atomic E-state index is 11.5. The second-order valence-corrected chi connectivity index (χ2v) is 4.33. The molecule has 92 valence electrons. The molecule has 0 saturated carbocycles. The van der Waals surface area contributed by atoms with Crippen molar-refractivity contribution in [1.82, 2.24) is 10.3 Å². The summed E-state index contributed by atoms with van der Waals surface area (Å²) in [6, 6.07) is -0.281. The van der Waals surface area contributed by atoms with E-state index in [1.165, 1.54) is 6.26 Å². The summed E-state index contributed by atoms with van der Waals surface area (Å²) >= 11 is 1.70. The number of nitrogens with two attached hydrogens (primary N) is 1. The standard InChI is InChI=1S/C11H15N3O2S/c1-3-5-13-10(15)9-7-16-11(14-9)8(12)4-6-17-2/h1,7-8H,4-6,12H2,2H3,(H,13,15). The van der Waals surface area contributed by atoms with Gasteiger partial charge in [0.2, 0.25) is 5.89 Å². The van der Waals surface area contributed by atoms with Crippen LogP contribution in [0, 0.1) is 12.3 Å². The molecule has 0 aliphatic carbocycles. The molecule has 3 N–H and O–H groups in total. The molecular weight excluding hydrogens is 238 g/mol. The lowest BCUT2D eigenvalue weighted by Gasteiger charge is -2.04. The Labute approximate surface area is 105 Å². The topological polar surface area (TPSA) is 81.2 Å². The molecule has 0 spiro atoms. The van der Waals surface area contributed by atoms with Gasteiger partial charge in [0.05, 0.1) is 12.6 Å². The Bertz CT molecular complexity index is 411. The van der Waals surface area contributed by atoms with Gasteiger partial charge in [-0.05, 0) is 18.4 Å². The number of amides is 1. The highest BCUT2D eigenvalue weighted by Crippen LogP contribution is 2.15. The summed E-state index contributed by atoms with van der Waals surface area (Å²) in [5, 5.41) is 2.50. The normalized spacial score (nSPS) is 11.8. The van der Waals surface area contributed by atoms with Gasteiger partial charge in [0.1, 0.15) is 6.26 Å². The lowest BCUT2D eigenvalue weighted by atomic mass is 10.2. The van der Waals surface area contributed by atoms with E-state index in [0.717, 1.165) is 12.2 Å². The zero-order valence-corrected chi connectivity index (χ0v) is 10.4. The number of hydrogen-bond donors (Lipinski definition) is 2. The van der Waals surface area contributed by atoms with Crippen LogP contribution in [0.3, 0.4) is 0 Å². The summed E-state index contributed by atoms with van der Waals surface area (Å²) < 4.78 is 5.17. The Balaban J connectivity index is 2.58. The highest BCUT2D eigenvalue weighted by atomic mass is 32.2. The maximum absolute atomic E-state index is 11.5. The van der Waals surface area contributed by atoms with Crippen molar-refractivity contribution in [2.24, 2.45) is 5.73 Å². The number of hydrogen-bond acceptors (Lipinski definition) is 5. The molecule has 1 amide bonds. The first kappa shape index (κ1) is 13.6. The Kier molecular flexibility index (Phi) is 5.60. The third-order valence-corrected chi connectivity index (χ3v) is 2.70. The average Bonchev–Trinajstić information content (AvgIpc) is 2.82. The summed E-state index contributed by atoms with van der Waals surface area (Å²) in [7, 11) is 0. The number of nitrogens with one attached hydrogen (secondary N) is 1. The number of aromatic nitrogens is 1. The average molecular weight is 253 g/mol. The molecule has 6 heteroatoms. The molecule has 0 aromatic carbocycles. The lowest BCUT2D eigenvalue weighted by molar-refractivity contribution is 0.0953. The van der Waals surface area contributed by atoms with Crippen molar-refractivity contribution in [3.8, 4) is 12.3 Å². The van der Waals surface area contributed by atoms with E-state index in [4.69, 9.17) is 16.6 Å². The molecule has 0 saturated heterocycles. The summed E-state index contributed by atoms with van der Waals surface area (Å²) in [5.41, 5.74) is 6.06. The number of nitrogens with zero attached hydrogens (tertiary/aromatic N) is 1.